The SMILES string of the molecule is COc1cccc(OC)c1.[Li]. The number of methoxy groups -OCH3 is 2. The first kappa shape index (κ1) is 10.4. The molecule has 2 nitrogen and oxygen atoms in total. The monoisotopic (exact) mass is 145 g/mol. The van der Waals surface area contributed by atoms with Gasteiger partial charge in [-0.2, -0.15) is 0 Å². The average Bonchev–Trinajstić information content (AvgIpc) is 2.05. The molecular weight excluding hydrogens is 135 g/mol. The Balaban J connectivity index is 0.000001000. The standard InChI is InChI=1S/C8H10O2.Li/c1-9-7-4-3-5-8(6-7)10-2;/h3-6H,1-2H3;. The molecule has 11 heavy (non-hydrogen) atoms. The van der Waals surface area contributed by atoms with Crippen molar-refractivity contribution in [3.8, 4) is 11.5 Å². The molecule has 0 bridgehead atoms. The maximum absolute atomic E-state index is 4.98. The van der Waals surface area contributed by atoms with Gasteiger partial charge in [0.2, 0.25) is 0 Å². The largest absolute Gasteiger partial charge is 0.497 e. The minimum atomic E-state index is 0. The van der Waals surface area contributed by atoms with E-state index in [1.807, 2.05) is 24.3 Å². The number of rotatable bonds is 2. The molecule has 0 heterocycles. The third kappa shape index (κ3) is 2.88. The van der Waals surface area contributed by atoms with Crippen molar-refractivity contribution >= 4 is 18.9 Å². The molecule has 0 saturated carbocycles. The minimum absolute atomic E-state index is 0. The van der Waals surface area contributed by atoms with Crippen LogP contribution < -0.4 is 9.47 Å². The molecule has 1 rings (SSSR count). The van der Waals surface area contributed by atoms with Gasteiger partial charge in [-0.25, -0.2) is 0 Å². The van der Waals surface area contributed by atoms with Gasteiger partial charge in [0.25, 0.3) is 0 Å². The Labute approximate surface area is 78.7 Å². The Morgan fingerprint density at radius 1 is 1.00 bits per heavy atom. The van der Waals surface area contributed by atoms with E-state index in [2.05, 4.69) is 0 Å². The fourth-order valence-corrected chi connectivity index (χ4v) is 0.728. The second-order valence-electron chi connectivity index (χ2n) is 1.88. The summed E-state index contributed by atoms with van der Waals surface area (Å²) in [6.07, 6.45) is 0. The van der Waals surface area contributed by atoms with Crippen LogP contribution in [-0.4, -0.2) is 33.1 Å². The Morgan fingerprint density at radius 2 is 1.45 bits per heavy atom. The van der Waals surface area contributed by atoms with Crippen LogP contribution in [-0.2, 0) is 0 Å². The van der Waals surface area contributed by atoms with Crippen LogP contribution in [0.5, 0.6) is 11.5 Å². The molecule has 1 aromatic rings. The number of ether oxygens (including phenoxy) is 2. The van der Waals surface area contributed by atoms with E-state index in [1.54, 1.807) is 14.2 Å². The van der Waals surface area contributed by atoms with E-state index in [9.17, 15) is 0 Å². The van der Waals surface area contributed by atoms with Crippen LogP contribution in [0.2, 0.25) is 0 Å². The molecule has 0 atom stereocenters. The smallest absolute Gasteiger partial charge is 0.122 e. The second-order valence-corrected chi connectivity index (χ2v) is 1.88. The van der Waals surface area contributed by atoms with Gasteiger partial charge < -0.3 is 9.47 Å². The Kier molecular flexibility index (Phi) is 4.85. The Morgan fingerprint density at radius 3 is 1.82 bits per heavy atom. The molecule has 55 valence electrons. The van der Waals surface area contributed by atoms with E-state index in [0.29, 0.717) is 0 Å². The number of hydrogen-bond donors (Lipinski definition) is 0. The average molecular weight is 145 g/mol. The van der Waals surface area contributed by atoms with E-state index < -0.39 is 0 Å². The van der Waals surface area contributed by atoms with Gasteiger partial charge >= 0.3 is 0 Å². The zero-order valence-corrected chi connectivity index (χ0v) is 7.13. The van der Waals surface area contributed by atoms with Crippen molar-refractivity contribution in [2.24, 2.45) is 0 Å². The van der Waals surface area contributed by atoms with Crippen molar-refractivity contribution in [2.75, 3.05) is 14.2 Å². The van der Waals surface area contributed by atoms with E-state index in [1.165, 1.54) is 0 Å². The molecule has 3 heteroatoms. The van der Waals surface area contributed by atoms with Crippen LogP contribution in [0.25, 0.3) is 0 Å². The van der Waals surface area contributed by atoms with E-state index in [-0.39, 0.29) is 18.9 Å². The summed E-state index contributed by atoms with van der Waals surface area (Å²) < 4.78 is 9.95. The zero-order valence-electron chi connectivity index (χ0n) is 7.13. The molecule has 0 fully saturated rings. The van der Waals surface area contributed by atoms with Gasteiger partial charge in [-0.15, -0.1) is 0 Å². The van der Waals surface area contributed by atoms with Crippen molar-refractivity contribution in [3.63, 3.8) is 0 Å². The summed E-state index contributed by atoms with van der Waals surface area (Å²) in [5, 5.41) is 0. The molecule has 0 saturated heterocycles. The summed E-state index contributed by atoms with van der Waals surface area (Å²) in [4.78, 5) is 0. The van der Waals surface area contributed by atoms with Crippen molar-refractivity contribution < 1.29 is 9.47 Å². The quantitative estimate of drug-likeness (QED) is 0.584. The summed E-state index contributed by atoms with van der Waals surface area (Å²) in [6.45, 7) is 0. The molecule has 0 unspecified atom stereocenters. The maximum Gasteiger partial charge on any atom is 0.122 e. The molecule has 1 aromatic carbocycles. The molecule has 1 radical (unpaired) electrons. The summed E-state index contributed by atoms with van der Waals surface area (Å²) in [5.41, 5.74) is 0. The van der Waals surface area contributed by atoms with Gasteiger partial charge in [0, 0.05) is 24.9 Å². The molecule has 0 aliphatic rings. The molecule has 0 spiro atoms. The van der Waals surface area contributed by atoms with E-state index in [4.69, 9.17) is 9.47 Å². The molecule has 0 aliphatic carbocycles. The van der Waals surface area contributed by atoms with Gasteiger partial charge in [0.1, 0.15) is 11.5 Å². The molecule has 0 amide bonds. The Hall–Kier alpha value is -0.583. The van der Waals surface area contributed by atoms with Gasteiger partial charge in [-0.1, -0.05) is 6.07 Å². The van der Waals surface area contributed by atoms with Crippen LogP contribution in [0, 0.1) is 0 Å². The zero-order chi connectivity index (χ0) is 7.40. The van der Waals surface area contributed by atoms with Crippen LogP contribution in [0.1, 0.15) is 0 Å². The first-order chi connectivity index (χ1) is 4.86. The van der Waals surface area contributed by atoms with E-state index >= 15 is 0 Å². The van der Waals surface area contributed by atoms with Crippen molar-refractivity contribution in [1.82, 2.24) is 0 Å². The molecule has 0 N–H and O–H groups in total. The summed E-state index contributed by atoms with van der Waals surface area (Å²) in [6, 6.07) is 7.47. The molecular formula is C8H10LiO2. The maximum atomic E-state index is 4.98. The third-order valence-electron chi connectivity index (χ3n) is 1.28. The van der Waals surface area contributed by atoms with Crippen molar-refractivity contribution in [3.05, 3.63) is 24.3 Å². The topological polar surface area (TPSA) is 18.5 Å². The number of hydrogen-bond acceptors (Lipinski definition) is 2. The van der Waals surface area contributed by atoms with Crippen LogP contribution in [0.4, 0.5) is 0 Å². The van der Waals surface area contributed by atoms with Gasteiger partial charge in [-0.3, -0.25) is 0 Å². The first-order valence-electron chi connectivity index (χ1n) is 3.05. The Bertz CT molecular complexity index is 194. The minimum Gasteiger partial charge on any atom is -0.497 e. The fraction of sp³-hybridized carbons (Fsp3) is 0.250. The normalized spacial score (nSPS) is 8.18. The van der Waals surface area contributed by atoms with Crippen LogP contribution >= 0.6 is 0 Å². The predicted octanol–water partition coefficient (Wildman–Crippen LogP) is 1.32. The summed E-state index contributed by atoms with van der Waals surface area (Å²) in [7, 11) is 3.27. The van der Waals surface area contributed by atoms with E-state index in [0.717, 1.165) is 11.5 Å². The predicted molar refractivity (Wildman–Crippen MR) is 45.3 cm³/mol. The van der Waals surface area contributed by atoms with Crippen molar-refractivity contribution in [1.29, 1.82) is 0 Å². The molecule has 0 aromatic heterocycles. The first-order valence-corrected chi connectivity index (χ1v) is 3.05. The van der Waals surface area contributed by atoms with Gasteiger partial charge in [-0.05, 0) is 12.1 Å². The van der Waals surface area contributed by atoms with Gasteiger partial charge in [0.15, 0.2) is 0 Å². The van der Waals surface area contributed by atoms with Crippen LogP contribution in [0.3, 0.4) is 0 Å². The summed E-state index contributed by atoms with van der Waals surface area (Å²) >= 11 is 0. The van der Waals surface area contributed by atoms with Gasteiger partial charge in [0.05, 0.1) is 14.2 Å². The fourth-order valence-electron chi connectivity index (χ4n) is 0.728. The number of benzene rings is 1. The molecule has 0 aliphatic heterocycles. The van der Waals surface area contributed by atoms with Crippen LogP contribution in [0.15, 0.2) is 24.3 Å². The second kappa shape index (κ2) is 5.12. The van der Waals surface area contributed by atoms with Crippen molar-refractivity contribution in [2.45, 2.75) is 0 Å². The summed E-state index contributed by atoms with van der Waals surface area (Å²) in [5.74, 6) is 1.64. The third-order valence-corrected chi connectivity index (χ3v) is 1.28.